The van der Waals surface area contributed by atoms with Gasteiger partial charge in [-0.2, -0.15) is 0 Å². The summed E-state index contributed by atoms with van der Waals surface area (Å²) in [6.45, 7) is 7.93. The Kier molecular flexibility index (Phi) is 6.05. The van der Waals surface area contributed by atoms with Crippen molar-refractivity contribution in [1.29, 1.82) is 0 Å². The predicted octanol–water partition coefficient (Wildman–Crippen LogP) is 4.78. The minimum absolute atomic E-state index is 0.0459. The molecule has 1 amide bonds. The van der Waals surface area contributed by atoms with Crippen molar-refractivity contribution in [2.45, 2.75) is 51.8 Å². The number of carbonyl (C=O) groups excluding carboxylic acids is 1. The second-order valence-electron chi connectivity index (χ2n) is 5.99. The summed E-state index contributed by atoms with van der Waals surface area (Å²) in [4.78, 5) is 12.4. The number of nitrogens with one attached hydrogen (secondary N) is 1. The summed E-state index contributed by atoms with van der Waals surface area (Å²) in [5, 5.41) is 2.94. The quantitative estimate of drug-likeness (QED) is 0.775. The summed E-state index contributed by atoms with van der Waals surface area (Å²) in [6.07, 6.45) is 3.40. The molecule has 1 atom stereocenters. The highest BCUT2D eigenvalue weighted by atomic mass is 79.9. The van der Waals surface area contributed by atoms with E-state index in [0.717, 1.165) is 12.1 Å². The number of amides is 1. The van der Waals surface area contributed by atoms with E-state index in [1.54, 1.807) is 0 Å². The number of hydrogen-bond donors (Lipinski definition) is 1. The number of hydrogen-bond acceptors (Lipinski definition) is 1. The molecule has 0 saturated heterocycles. The zero-order valence-corrected chi connectivity index (χ0v) is 13.9. The first-order chi connectivity index (χ1) is 8.82. The van der Waals surface area contributed by atoms with Crippen molar-refractivity contribution in [2.24, 2.45) is 5.41 Å². The highest BCUT2D eigenvalue weighted by molar-refractivity contribution is 9.09. The van der Waals surface area contributed by atoms with E-state index in [0.29, 0.717) is 4.83 Å². The van der Waals surface area contributed by atoms with Gasteiger partial charge in [-0.15, -0.1) is 0 Å². The Morgan fingerprint density at radius 2 is 1.84 bits per heavy atom. The Labute approximate surface area is 125 Å². The van der Waals surface area contributed by atoms with Crippen LogP contribution in [0, 0.1) is 5.41 Å². The zero-order chi connectivity index (χ0) is 14.5. The zero-order valence-electron chi connectivity index (χ0n) is 12.3. The van der Waals surface area contributed by atoms with Crippen LogP contribution in [0.15, 0.2) is 24.3 Å². The third kappa shape index (κ3) is 5.77. The fourth-order valence-electron chi connectivity index (χ4n) is 1.71. The number of alkyl halides is 1. The van der Waals surface area contributed by atoms with E-state index in [9.17, 15) is 4.79 Å². The molecule has 0 saturated carbocycles. The lowest BCUT2D eigenvalue weighted by molar-refractivity contribution is -0.123. The van der Waals surface area contributed by atoms with Crippen LogP contribution in [0.1, 0.15) is 46.1 Å². The second kappa shape index (κ2) is 7.09. The molecular formula is C16H24BrNO. The average molecular weight is 326 g/mol. The molecule has 0 bridgehead atoms. The molecule has 0 heterocycles. The van der Waals surface area contributed by atoms with Crippen molar-refractivity contribution < 1.29 is 4.79 Å². The summed E-state index contributed by atoms with van der Waals surface area (Å²) in [5.41, 5.74) is 1.80. The predicted molar refractivity (Wildman–Crippen MR) is 85.9 cm³/mol. The number of halogens is 1. The van der Waals surface area contributed by atoms with Crippen LogP contribution >= 0.6 is 15.9 Å². The van der Waals surface area contributed by atoms with Crippen LogP contribution in [-0.4, -0.2) is 10.7 Å². The molecule has 0 aliphatic rings. The molecule has 0 spiro atoms. The summed E-state index contributed by atoms with van der Waals surface area (Å²) in [5.74, 6) is 0.0459. The Hall–Kier alpha value is -0.830. The van der Waals surface area contributed by atoms with Gasteiger partial charge in [-0.25, -0.2) is 0 Å². The van der Waals surface area contributed by atoms with Crippen molar-refractivity contribution in [3.05, 3.63) is 29.8 Å². The minimum Gasteiger partial charge on any atom is -0.326 e. The van der Waals surface area contributed by atoms with E-state index in [4.69, 9.17) is 0 Å². The summed E-state index contributed by atoms with van der Waals surface area (Å²) in [6, 6.07) is 8.12. The molecule has 2 nitrogen and oxygen atoms in total. The van der Waals surface area contributed by atoms with Crippen LogP contribution in [0.3, 0.4) is 0 Å². The van der Waals surface area contributed by atoms with Gasteiger partial charge in [0.15, 0.2) is 0 Å². The maximum Gasteiger partial charge on any atom is 0.229 e. The standard InChI is InChI=1S/C16H24BrNO/c1-5-6-13(17)11-12-7-9-14(10-8-12)18-15(19)16(2,3)4/h7-10,13H,5-6,11H2,1-4H3,(H,18,19). The van der Waals surface area contributed by atoms with Gasteiger partial charge in [-0.05, 0) is 30.5 Å². The number of benzene rings is 1. The smallest absolute Gasteiger partial charge is 0.229 e. The first-order valence-electron chi connectivity index (χ1n) is 6.87. The first-order valence-corrected chi connectivity index (χ1v) is 7.79. The highest BCUT2D eigenvalue weighted by Crippen LogP contribution is 2.19. The lowest BCUT2D eigenvalue weighted by Gasteiger charge is -2.18. The molecule has 3 heteroatoms. The lowest BCUT2D eigenvalue weighted by atomic mass is 9.95. The van der Waals surface area contributed by atoms with Crippen molar-refractivity contribution in [2.75, 3.05) is 5.32 Å². The van der Waals surface area contributed by atoms with E-state index >= 15 is 0 Å². The summed E-state index contributed by atoms with van der Waals surface area (Å²) < 4.78 is 0. The minimum atomic E-state index is -0.360. The van der Waals surface area contributed by atoms with Gasteiger partial charge in [0.1, 0.15) is 0 Å². The largest absolute Gasteiger partial charge is 0.326 e. The van der Waals surface area contributed by atoms with Gasteiger partial charge >= 0.3 is 0 Å². The van der Waals surface area contributed by atoms with Gasteiger partial charge < -0.3 is 5.32 Å². The first kappa shape index (κ1) is 16.2. The van der Waals surface area contributed by atoms with Crippen molar-refractivity contribution in [3.63, 3.8) is 0 Å². The van der Waals surface area contributed by atoms with Crippen LogP contribution in [0.2, 0.25) is 0 Å². The van der Waals surface area contributed by atoms with Gasteiger partial charge in [0.05, 0.1) is 0 Å². The van der Waals surface area contributed by atoms with Crippen LogP contribution in [0.5, 0.6) is 0 Å². The molecule has 106 valence electrons. The molecule has 1 unspecified atom stereocenters. The van der Waals surface area contributed by atoms with Gasteiger partial charge in [0, 0.05) is 15.9 Å². The summed E-state index contributed by atoms with van der Waals surface area (Å²) >= 11 is 3.69. The molecule has 0 aromatic heterocycles. The third-order valence-corrected chi connectivity index (χ3v) is 3.73. The number of carbonyl (C=O) groups is 1. The van der Waals surface area contributed by atoms with Crippen molar-refractivity contribution in [1.82, 2.24) is 0 Å². The Balaban J connectivity index is 2.59. The van der Waals surface area contributed by atoms with Crippen molar-refractivity contribution >= 4 is 27.5 Å². The third-order valence-electron chi connectivity index (χ3n) is 2.95. The monoisotopic (exact) mass is 325 g/mol. The molecule has 0 radical (unpaired) electrons. The molecular weight excluding hydrogens is 302 g/mol. The molecule has 0 aliphatic heterocycles. The topological polar surface area (TPSA) is 29.1 Å². The molecule has 0 fully saturated rings. The highest BCUT2D eigenvalue weighted by Gasteiger charge is 2.20. The van der Waals surface area contributed by atoms with E-state index in [1.165, 1.54) is 18.4 Å². The van der Waals surface area contributed by atoms with E-state index in [-0.39, 0.29) is 11.3 Å². The van der Waals surface area contributed by atoms with Crippen LogP contribution < -0.4 is 5.32 Å². The number of anilines is 1. The normalized spacial score (nSPS) is 13.1. The Morgan fingerprint density at radius 3 is 2.32 bits per heavy atom. The van der Waals surface area contributed by atoms with E-state index in [1.807, 2.05) is 32.9 Å². The molecule has 1 N–H and O–H groups in total. The molecule has 0 aliphatic carbocycles. The maximum absolute atomic E-state index is 11.9. The average Bonchev–Trinajstić information content (AvgIpc) is 2.30. The second-order valence-corrected chi connectivity index (χ2v) is 7.29. The molecule has 1 aromatic rings. The Morgan fingerprint density at radius 1 is 1.26 bits per heavy atom. The maximum atomic E-state index is 11.9. The Bertz CT molecular complexity index is 406. The van der Waals surface area contributed by atoms with E-state index < -0.39 is 0 Å². The lowest BCUT2D eigenvalue weighted by Crippen LogP contribution is -2.27. The van der Waals surface area contributed by atoms with Gasteiger partial charge in [-0.3, -0.25) is 4.79 Å². The van der Waals surface area contributed by atoms with Gasteiger partial charge in [-0.1, -0.05) is 62.2 Å². The fourth-order valence-corrected chi connectivity index (χ4v) is 2.55. The molecule has 1 aromatic carbocycles. The van der Waals surface area contributed by atoms with Crippen LogP contribution in [0.25, 0.3) is 0 Å². The van der Waals surface area contributed by atoms with Crippen molar-refractivity contribution in [3.8, 4) is 0 Å². The molecule has 19 heavy (non-hydrogen) atoms. The van der Waals surface area contributed by atoms with Crippen LogP contribution in [0.4, 0.5) is 5.69 Å². The van der Waals surface area contributed by atoms with Gasteiger partial charge in [0.2, 0.25) is 5.91 Å². The van der Waals surface area contributed by atoms with E-state index in [2.05, 4.69) is 40.3 Å². The van der Waals surface area contributed by atoms with Gasteiger partial charge in [0.25, 0.3) is 0 Å². The fraction of sp³-hybridized carbons (Fsp3) is 0.562. The van der Waals surface area contributed by atoms with Crippen LogP contribution in [-0.2, 0) is 11.2 Å². The number of rotatable bonds is 5. The molecule has 1 rings (SSSR count). The summed E-state index contributed by atoms with van der Waals surface area (Å²) in [7, 11) is 0. The SMILES string of the molecule is CCCC(Br)Cc1ccc(NC(=O)C(C)(C)C)cc1.